The first-order chi connectivity index (χ1) is 9.02. The van der Waals surface area contributed by atoms with Gasteiger partial charge in [-0.05, 0) is 50.1 Å². The lowest BCUT2D eigenvalue weighted by Gasteiger charge is -2.17. The van der Waals surface area contributed by atoms with Gasteiger partial charge in [0, 0.05) is 23.3 Å². The molecule has 0 radical (unpaired) electrons. The van der Waals surface area contributed by atoms with E-state index in [0.717, 1.165) is 19.7 Å². The molecule has 0 saturated heterocycles. The fraction of sp³-hybridized carbons (Fsp3) is 0.154. The molecule has 100 valence electrons. The van der Waals surface area contributed by atoms with E-state index in [-0.39, 0.29) is 5.91 Å². The lowest BCUT2D eigenvalue weighted by molar-refractivity contribution is 0.0997. The number of hydrogen-bond donors (Lipinski definition) is 0. The summed E-state index contributed by atoms with van der Waals surface area (Å²) in [6, 6.07) is 9.22. The molecule has 2 rings (SSSR count). The van der Waals surface area contributed by atoms with Crippen LogP contribution in [0.4, 0.5) is 5.69 Å². The van der Waals surface area contributed by atoms with Gasteiger partial charge in [0.1, 0.15) is 5.75 Å². The van der Waals surface area contributed by atoms with Crippen molar-refractivity contribution in [3.8, 4) is 5.75 Å². The third kappa shape index (κ3) is 3.19. The smallest absolute Gasteiger partial charge is 0.268 e. The summed E-state index contributed by atoms with van der Waals surface area (Å²) >= 11 is 8.18. The molecule has 0 bridgehead atoms. The maximum absolute atomic E-state index is 12.4. The van der Waals surface area contributed by atoms with Gasteiger partial charge in [-0.2, -0.15) is 0 Å². The molecule has 0 aliphatic heterocycles. The highest BCUT2D eigenvalue weighted by molar-refractivity contribution is 9.13. The monoisotopic (exact) mass is 403 g/mol. The highest BCUT2D eigenvalue weighted by atomic mass is 79.9. The Hall–Kier alpha value is -0.850. The Balaban J connectivity index is 2.27. The third-order valence-electron chi connectivity index (χ3n) is 2.60. The topological polar surface area (TPSA) is 29.5 Å². The molecular formula is C13H11Br2NO2S. The van der Waals surface area contributed by atoms with Crippen LogP contribution < -0.4 is 9.64 Å². The number of thiophene rings is 1. The summed E-state index contributed by atoms with van der Waals surface area (Å²) in [6.07, 6.45) is 0. The van der Waals surface area contributed by atoms with Crippen molar-refractivity contribution in [2.24, 2.45) is 0 Å². The van der Waals surface area contributed by atoms with Gasteiger partial charge < -0.3 is 9.64 Å². The maximum atomic E-state index is 12.4. The Kier molecular flexibility index (Phi) is 4.65. The number of methoxy groups -OCH3 is 1. The van der Waals surface area contributed by atoms with Gasteiger partial charge >= 0.3 is 0 Å². The number of hydrogen-bond acceptors (Lipinski definition) is 3. The second kappa shape index (κ2) is 6.07. The van der Waals surface area contributed by atoms with Crippen molar-refractivity contribution in [1.29, 1.82) is 0 Å². The number of carbonyl (C=O) groups is 1. The Labute approximate surface area is 132 Å². The van der Waals surface area contributed by atoms with E-state index in [1.54, 1.807) is 19.1 Å². The summed E-state index contributed by atoms with van der Waals surface area (Å²) < 4.78 is 6.96. The minimum Gasteiger partial charge on any atom is -0.497 e. The predicted octanol–water partition coefficient (Wildman–Crippen LogP) is 4.56. The largest absolute Gasteiger partial charge is 0.497 e. The number of rotatable bonds is 3. The lowest BCUT2D eigenvalue weighted by atomic mass is 10.2. The van der Waals surface area contributed by atoms with E-state index in [4.69, 9.17) is 4.74 Å². The zero-order valence-electron chi connectivity index (χ0n) is 10.3. The first-order valence-corrected chi connectivity index (χ1v) is 7.80. The standard InChI is InChI=1S/C13H11Br2NO2S/c1-16(8-4-3-5-9(6-8)18-2)13(17)11-7-10(14)12(15)19-11/h3-7H,1-2H3. The average molecular weight is 405 g/mol. The van der Waals surface area contributed by atoms with Gasteiger partial charge in [-0.25, -0.2) is 0 Å². The quantitative estimate of drug-likeness (QED) is 0.750. The molecule has 0 atom stereocenters. The molecule has 6 heteroatoms. The van der Waals surface area contributed by atoms with Gasteiger partial charge in [0.2, 0.25) is 0 Å². The Morgan fingerprint density at radius 3 is 2.63 bits per heavy atom. The molecule has 1 aromatic carbocycles. The molecule has 0 aliphatic rings. The van der Waals surface area contributed by atoms with Gasteiger partial charge in [0.25, 0.3) is 5.91 Å². The first kappa shape index (κ1) is 14.6. The van der Waals surface area contributed by atoms with Crippen LogP contribution in [0.3, 0.4) is 0 Å². The van der Waals surface area contributed by atoms with Crippen LogP contribution in [0.15, 0.2) is 38.6 Å². The Morgan fingerprint density at radius 1 is 1.32 bits per heavy atom. The van der Waals surface area contributed by atoms with Crippen molar-refractivity contribution in [2.75, 3.05) is 19.1 Å². The van der Waals surface area contributed by atoms with Crippen LogP contribution in [0.25, 0.3) is 0 Å². The van der Waals surface area contributed by atoms with Gasteiger partial charge in [-0.1, -0.05) is 6.07 Å². The summed E-state index contributed by atoms with van der Waals surface area (Å²) in [5, 5.41) is 0. The van der Waals surface area contributed by atoms with Crippen molar-refractivity contribution < 1.29 is 9.53 Å². The molecule has 1 amide bonds. The highest BCUT2D eigenvalue weighted by Gasteiger charge is 2.17. The number of carbonyl (C=O) groups excluding carboxylic acids is 1. The minimum atomic E-state index is -0.0512. The fourth-order valence-electron chi connectivity index (χ4n) is 1.55. The van der Waals surface area contributed by atoms with Crippen molar-refractivity contribution in [3.05, 3.63) is 43.5 Å². The van der Waals surface area contributed by atoms with Crippen LogP contribution >= 0.6 is 43.2 Å². The van der Waals surface area contributed by atoms with Crippen LogP contribution in [0.5, 0.6) is 5.75 Å². The molecule has 0 N–H and O–H groups in total. The zero-order chi connectivity index (χ0) is 14.0. The van der Waals surface area contributed by atoms with Crippen LogP contribution in [-0.4, -0.2) is 20.1 Å². The number of amides is 1. The summed E-state index contributed by atoms with van der Waals surface area (Å²) in [5.74, 6) is 0.676. The van der Waals surface area contributed by atoms with Crippen LogP contribution in [0.2, 0.25) is 0 Å². The molecule has 2 aromatic rings. The van der Waals surface area contributed by atoms with Crippen LogP contribution in [0, 0.1) is 0 Å². The zero-order valence-corrected chi connectivity index (χ0v) is 14.3. The summed E-state index contributed by atoms with van der Waals surface area (Å²) in [4.78, 5) is 14.6. The number of ether oxygens (including phenoxy) is 1. The molecule has 1 heterocycles. The molecular weight excluding hydrogens is 394 g/mol. The van der Waals surface area contributed by atoms with Crippen LogP contribution in [-0.2, 0) is 0 Å². The second-order valence-corrected chi connectivity index (χ2v) is 7.02. The molecule has 19 heavy (non-hydrogen) atoms. The van der Waals surface area contributed by atoms with E-state index in [0.29, 0.717) is 4.88 Å². The van der Waals surface area contributed by atoms with E-state index in [1.165, 1.54) is 11.3 Å². The van der Waals surface area contributed by atoms with Crippen molar-refractivity contribution in [3.63, 3.8) is 0 Å². The van der Waals surface area contributed by atoms with E-state index in [9.17, 15) is 4.79 Å². The summed E-state index contributed by atoms with van der Waals surface area (Å²) in [5.41, 5.74) is 0.796. The highest BCUT2D eigenvalue weighted by Crippen LogP contribution is 2.33. The lowest BCUT2D eigenvalue weighted by Crippen LogP contribution is -2.25. The van der Waals surface area contributed by atoms with Crippen molar-refractivity contribution in [2.45, 2.75) is 0 Å². The van der Waals surface area contributed by atoms with Gasteiger partial charge in [-0.3, -0.25) is 4.79 Å². The van der Waals surface area contributed by atoms with Crippen LogP contribution in [0.1, 0.15) is 9.67 Å². The number of anilines is 1. The predicted molar refractivity (Wildman–Crippen MR) is 85.4 cm³/mol. The molecule has 0 saturated carbocycles. The summed E-state index contributed by atoms with van der Waals surface area (Å²) in [6.45, 7) is 0. The Morgan fingerprint density at radius 2 is 2.05 bits per heavy atom. The normalized spacial score (nSPS) is 10.3. The third-order valence-corrected chi connectivity index (χ3v) is 5.85. The number of halogens is 2. The molecule has 1 aromatic heterocycles. The SMILES string of the molecule is COc1cccc(N(C)C(=O)c2cc(Br)c(Br)s2)c1. The van der Waals surface area contributed by atoms with E-state index in [2.05, 4.69) is 31.9 Å². The molecule has 0 unspecified atom stereocenters. The van der Waals surface area contributed by atoms with E-state index in [1.807, 2.05) is 30.3 Å². The van der Waals surface area contributed by atoms with Gasteiger partial charge in [-0.15, -0.1) is 11.3 Å². The minimum absolute atomic E-state index is 0.0512. The summed E-state index contributed by atoms with van der Waals surface area (Å²) in [7, 11) is 3.35. The number of benzene rings is 1. The van der Waals surface area contributed by atoms with Gasteiger partial charge in [0.15, 0.2) is 0 Å². The first-order valence-electron chi connectivity index (χ1n) is 5.40. The molecule has 3 nitrogen and oxygen atoms in total. The van der Waals surface area contributed by atoms with E-state index < -0.39 is 0 Å². The van der Waals surface area contributed by atoms with E-state index >= 15 is 0 Å². The number of nitrogens with zero attached hydrogens (tertiary/aromatic N) is 1. The fourth-order valence-corrected chi connectivity index (χ4v) is 3.57. The van der Waals surface area contributed by atoms with Crippen molar-refractivity contribution >= 4 is 54.8 Å². The van der Waals surface area contributed by atoms with Gasteiger partial charge in [0.05, 0.1) is 15.8 Å². The van der Waals surface area contributed by atoms with Crippen molar-refractivity contribution in [1.82, 2.24) is 0 Å². The Bertz CT molecular complexity index is 593. The average Bonchev–Trinajstić information content (AvgIpc) is 2.77. The second-order valence-electron chi connectivity index (χ2n) is 3.80. The molecule has 0 fully saturated rings. The molecule has 0 aliphatic carbocycles. The maximum Gasteiger partial charge on any atom is 0.268 e. The molecule has 0 spiro atoms.